The molecule has 0 atom stereocenters. The minimum atomic E-state index is 0.526. The lowest BCUT2D eigenvalue weighted by Gasteiger charge is -2.11. The summed E-state index contributed by atoms with van der Waals surface area (Å²) in [5.41, 5.74) is 6.52. The van der Waals surface area contributed by atoms with Gasteiger partial charge in [0.25, 0.3) is 6.01 Å². The largest absolute Gasteiger partial charge is 0.489 e. The van der Waals surface area contributed by atoms with Crippen molar-refractivity contribution in [3.8, 4) is 5.75 Å². The number of nitrogens with zero attached hydrogens (tertiary/aromatic N) is 1. The number of aromatic nitrogens is 1. The normalized spacial score (nSPS) is 10.9. The van der Waals surface area contributed by atoms with Crippen LogP contribution < -0.4 is 10.1 Å². The highest BCUT2D eigenvalue weighted by molar-refractivity contribution is 5.74. The van der Waals surface area contributed by atoms with Crippen LogP contribution in [0.25, 0.3) is 11.1 Å². The Labute approximate surface area is 158 Å². The van der Waals surface area contributed by atoms with Crippen molar-refractivity contribution >= 4 is 17.1 Å². The SMILES string of the molecule is Cc1cccc(COc2cccc(CNc3nc4ccccc4o3)c2)c1C. The molecule has 1 heterocycles. The summed E-state index contributed by atoms with van der Waals surface area (Å²) in [6.07, 6.45) is 0. The van der Waals surface area contributed by atoms with Crippen molar-refractivity contribution < 1.29 is 9.15 Å². The number of fused-ring (bicyclic) bond motifs is 1. The van der Waals surface area contributed by atoms with Gasteiger partial charge in [0.2, 0.25) is 0 Å². The van der Waals surface area contributed by atoms with E-state index in [0.717, 1.165) is 22.4 Å². The molecule has 1 aromatic heterocycles. The maximum absolute atomic E-state index is 6.00. The minimum absolute atomic E-state index is 0.526. The molecule has 4 nitrogen and oxygen atoms in total. The van der Waals surface area contributed by atoms with Gasteiger partial charge in [0.15, 0.2) is 5.58 Å². The van der Waals surface area contributed by atoms with Crippen molar-refractivity contribution in [2.75, 3.05) is 5.32 Å². The number of anilines is 1. The molecule has 0 aliphatic carbocycles. The van der Waals surface area contributed by atoms with Gasteiger partial charge in [0, 0.05) is 6.54 Å². The monoisotopic (exact) mass is 358 g/mol. The summed E-state index contributed by atoms with van der Waals surface area (Å²) in [5, 5.41) is 3.23. The number of nitrogens with one attached hydrogen (secondary N) is 1. The Morgan fingerprint density at radius 3 is 2.70 bits per heavy atom. The van der Waals surface area contributed by atoms with Crippen LogP contribution in [0.2, 0.25) is 0 Å². The number of benzene rings is 3. The molecule has 0 unspecified atom stereocenters. The first kappa shape index (κ1) is 17.2. The number of oxazole rings is 1. The summed E-state index contributed by atoms with van der Waals surface area (Å²) in [4.78, 5) is 4.44. The Morgan fingerprint density at radius 1 is 0.963 bits per heavy atom. The average molecular weight is 358 g/mol. The molecule has 136 valence electrons. The molecule has 0 aliphatic rings. The highest BCUT2D eigenvalue weighted by Crippen LogP contribution is 2.21. The molecular formula is C23H22N2O2. The third-order valence-corrected chi connectivity index (χ3v) is 4.75. The molecule has 0 radical (unpaired) electrons. The van der Waals surface area contributed by atoms with E-state index < -0.39 is 0 Å². The second-order valence-electron chi connectivity index (χ2n) is 6.64. The van der Waals surface area contributed by atoms with Crippen LogP contribution in [-0.2, 0) is 13.2 Å². The molecule has 0 aliphatic heterocycles. The van der Waals surface area contributed by atoms with Gasteiger partial charge in [-0.05, 0) is 60.4 Å². The summed E-state index contributed by atoms with van der Waals surface area (Å²) < 4.78 is 11.7. The highest BCUT2D eigenvalue weighted by Gasteiger charge is 2.06. The molecule has 0 saturated heterocycles. The molecule has 0 bridgehead atoms. The lowest BCUT2D eigenvalue weighted by Crippen LogP contribution is -2.02. The van der Waals surface area contributed by atoms with E-state index in [0.29, 0.717) is 19.2 Å². The fraction of sp³-hybridized carbons (Fsp3) is 0.174. The third-order valence-electron chi connectivity index (χ3n) is 4.75. The number of hydrogen-bond donors (Lipinski definition) is 1. The quantitative estimate of drug-likeness (QED) is 0.485. The summed E-state index contributed by atoms with van der Waals surface area (Å²) in [5.74, 6) is 0.854. The molecule has 0 fully saturated rings. The first-order valence-corrected chi connectivity index (χ1v) is 9.05. The van der Waals surface area contributed by atoms with Gasteiger partial charge >= 0.3 is 0 Å². The van der Waals surface area contributed by atoms with Crippen LogP contribution in [0.15, 0.2) is 71.1 Å². The number of rotatable bonds is 6. The van der Waals surface area contributed by atoms with Crippen molar-refractivity contribution in [2.24, 2.45) is 0 Å². The first-order valence-electron chi connectivity index (χ1n) is 9.05. The maximum atomic E-state index is 6.00. The van der Waals surface area contributed by atoms with Crippen molar-refractivity contribution in [3.05, 3.63) is 89.0 Å². The zero-order valence-corrected chi connectivity index (χ0v) is 15.5. The second-order valence-corrected chi connectivity index (χ2v) is 6.64. The standard InChI is InChI=1S/C23H22N2O2/c1-16-7-5-9-19(17(16)2)15-26-20-10-6-8-18(13-20)14-24-23-25-21-11-3-4-12-22(21)27-23/h3-13H,14-15H2,1-2H3,(H,24,25). The van der Waals surface area contributed by atoms with Gasteiger partial charge in [-0.3, -0.25) is 0 Å². The fourth-order valence-electron chi connectivity index (χ4n) is 3.00. The Kier molecular flexibility index (Phi) is 4.79. The highest BCUT2D eigenvalue weighted by atomic mass is 16.5. The summed E-state index contributed by atoms with van der Waals surface area (Å²) in [6, 6.07) is 22.6. The van der Waals surface area contributed by atoms with Crippen LogP contribution in [0.1, 0.15) is 22.3 Å². The van der Waals surface area contributed by atoms with Crippen LogP contribution in [0.4, 0.5) is 6.01 Å². The van der Waals surface area contributed by atoms with Crippen molar-refractivity contribution in [3.63, 3.8) is 0 Å². The van der Waals surface area contributed by atoms with E-state index in [9.17, 15) is 0 Å². The summed E-state index contributed by atoms with van der Waals surface area (Å²) in [6.45, 7) is 5.44. The topological polar surface area (TPSA) is 47.3 Å². The molecule has 4 aromatic rings. The predicted octanol–water partition coefficient (Wildman–Crippen LogP) is 5.64. The van der Waals surface area contributed by atoms with Crippen LogP contribution in [-0.4, -0.2) is 4.98 Å². The van der Waals surface area contributed by atoms with E-state index in [1.807, 2.05) is 42.5 Å². The molecule has 27 heavy (non-hydrogen) atoms. The van der Waals surface area contributed by atoms with Gasteiger partial charge in [-0.15, -0.1) is 0 Å². The number of aryl methyl sites for hydroxylation is 1. The Hall–Kier alpha value is -3.27. The molecular weight excluding hydrogens is 336 g/mol. The maximum Gasteiger partial charge on any atom is 0.295 e. The van der Waals surface area contributed by atoms with Gasteiger partial charge in [0.05, 0.1) is 0 Å². The van der Waals surface area contributed by atoms with E-state index in [1.54, 1.807) is 0 Å². The lowest BCUT2D eigenvalue weighted by atomic mass is 10.0. The number of hydrogen-bond acceptors (Lipinski definition) is 4. The molecule has 3 aromatic carbocycles. The average Bonchev–Trinajstić information content (AvgIpc) is 3.11. The van der Waals surface area contributed by atoms with Crippen molar-refractivity contribution in [2.45, 2.75) is 27.0 Å². The molecule has 1 N–H and O–H groups in total. The van der Waals surface area contributed by atoms with E-state index in [1.165, 1.54) is 16.7 Å². The molecule has 0 spiro atoms. The summed E-state index contributed by atoms with van der Waals surface area (Å²) >= 11 is 0. The minimum Gasteiger partial charge on any atom is -0.489 e. The van der Waals surface area contributed by atoms with Crippen LogP contribution in [0, 0.1) is 13.8 Å². The van der Waals surface area contributed by atoms with E-state index in [2.05, 4.69) is 48.4 Å². The smallest absolute Gasteiger partial charge is 0.295 e. The van der Waals surface area contributed by atoms with Crippen LogP contribution in [0.5, 0.6) is 5.75 Å². The zero-order chi connectivity index (χ0) is 18.6. The summed E-state index contributed by atoms with van der Waals surface area (Å²) in [7, 11) is 0. The Bertz CT molecular complexity index is 1040. The third kappa shape index (κ3) is 3.95. The van der Waals surface area contributed by atoms with Gasteiger partial charge < -0.3 is 14.5 Å². The number of ether oxygens (including phenoxy) is 1. The fourth-order valence-corrected chi connectivity index (χ4v) is 3.00. The van der Waals surface area contributed by atoms with E-state index >= 15 is 0 Å². The second kappa shape index (κ2) is 7.54. The molecule has 0 amide bonds. The van der Waals surface area contributed by atoms with Gasteiger partial charge in [-0.25, -0.2) is 0 Å². The van der Waals surface area contributed by atoms with Crippen LogP contribution in [0.3, 0.4) is 0 Å². The van der Waals surface area contributed by atoms with Crippen molar-refractivity contribution in [1.29, 1.82) is 0 Å². The molecule has 0 saturated carbocycles. The number of para-hydroxylation sites is 2. The Morgan fingerprint density at radius 2 is 1.81 bits per heavy atom. The first-order chi connectivity index (χ1) is 13.2. The molecule has 4 rings (SSSR count). The Balaban J connectivity index is 1.40. The van der Waals surface area contributed by atoms with Gasteiger partial charge in [-0.2, -0.15) is 4.98 Å². The predicted molar refractivity (Wildman–Crippen MR) is 108 cm³/mol. The van der Waals surface area contributed by atoms with Gasteiger partial charge in [-0.1, -0.05) is 42.5 Å². The van der Waals surface area contributed by atoms with Crippen molar-refractivity contribution in [1.82, 2.24) is 4.98 Å². The lowest BCUT2D eigenvalue weighted by molar-refractivity contribution is 0.305. The van der Waals surface area contributed by atoms with E-state index in [-0.39, 0.29) is 0 Å². The van der Waals surface area contributed by atoms with Gasteiger partial charge in [0.1, 0.15) is 17.9 Å². The molecule has 4 heteroatoms. The van der Waals surface area contributed by atoms with Crippen LogP contribution >= 0.6 is 0 Å². The van der Waals surface area contributed by atoms with E-state index in [4.69, 9.17) is 9.15 Å². The zero-order valence-electron chi connectivity index (χ0n) is 15.5.